The minimum atomic E-state index is -0.0592. The molecule has 0 fully saturated rings. The molecule has 32 heavy (non-hydrogen) atoms. The molecule has 7 heteroatoms. The second kappa shape index (κ2) is 10.9. The summed E-state index contributed by atoms with van der Waals surface area (Å²) in [6.45, 7) is 1.97. The summed E-state index contributed by atoms with van der Waals surface area (Å²) in [5, 5.41) is 3.85. The number of rotatable bonds is 10. The summed E-state index contributed by atoms with van der Waals surface area (Å²) in [7, 11) is 1.66. The molecule has 0 aliphatic carbocycles. The lowest BCUT2D eigenvalue weighted by molar-refractivity contribution is 0.0948. The molecule has 1 N–H and O–H groups in total. The fourth-order valence-electron chi connectivity index (χ4n) is 3.38. The van der Waals surface area contributed by atoms with Gasteiger partial charge in [0.05, 0.1) is 6.54 Å². The third kappa shape index (κ3) is 5.55. The van der Waals surface area contributed by atoms with Gasteiger partial charge in [-0.05, 0) is 41.8 Å². The molecule has 1 amide bonds. The molecular weight excluding hydrogens is 420 g/mol. The predicted molar refractivity (Wildman–Crippen MR) is 128 cm³/mol. The molecule has 0 atom stereocenters. The molecule has 4 aromatic rings. The standard InChI is InChI=1S/C25H26N4O2S/c1-31-16-6-15-27-24(30)21-12-10-20(11-13-21)18-32-25-28-22-9-5-14-26-23(22)29(25)17-19-7-3-2-4-8-19/h2-5,7-14H,6,15-18H2,1H3,(H,27,30). The number of imidazole rings is 1. The molecule has 164 valence electrons. The Labute approximate surface area is 192 Å². The van der Waals surface area contributed by atoms with E-state index in [1.165, 1.54) is 5.56 Å². The quantitative estimate of drug-likeness (QED) is 0.286. The number of methoxy groups -OCH3 is 1. The van der Waals surface area contributed by atoms with Crippen molar-refractivity contribution in [2.24, 2.45) is 0 Å². The first-order chi connectivity index (χ1) is 15.7. The summed E-state index contributed by atoms with van der Waals surface area (Å²) in [5.74, 6) is 0.699. The largest absolute Gasteiger partial charge is 0.385 e. The minimum Gasteiger partial charge on any atom is -0.385 e. The maximum atomic E-state index is 12.2. The summed E-state index contributed by atoms with van der Waals surface area (Å²) in [6, 6.07) is 22.0. The molecule has 6 nitrogen and oxygen atoms in total. The lowest BCUT2D eigenvalue weighted by Crippen LogP contribution is -2.25. The number of hydrogen-bond donors (Lipinski definition) is 1. The Morgan fingerprint density at radius 1 is 1.03 bits per heavy atom. The maximum Gasteiger partial charge on any atom is 0.251 e. The molecule has 0 saturated carbocycles. The highest BCUT2D eigenvalue weighted by atomic mass is 32.2. The number of pyridine rings is 1. The minimum absolute atomic E-state index is 0.0592. The predicted octanol–water partition coefficient (Wildman–Crippen LogP) is 4.54. The van der Waals surface area contributed by atoms with Crippen LogP contribution in [0.15, 0.2) is 78.1 Å². The Balaban J connectivity index is 1.44. The highest BCUT2D eigenvalue weighted by Crippen LogP contribution is 2.27. The van der Waals surface area contributed by atoms with Crippen molar-refractivity contribution in [3.8, 4) is 0 Å². The van der Waals surface area contributed by atoms with Crippen molar-refractivity contribution in [2.45, 2.75) is 23.9 Å². The van der Waals surface area contributed by atoms with E-state index >= 15 is 0 Å². The molecule has 4 rings (SSSR count). The summed E-state index contributed by atoms with van der Waals surface area (Å²) < 4.78 is 7.17. The summed E-state index contributed by atoms with van der Waals surface area (Å²) in [5.41, 5.74) is 4.79. The van der Waals surface area contributed by atoms with Crippen LogP contribution in [0.5, 0.6) is 0 Å². The van der Waals surface area contributed by atoms with Gasteiger partial charge in [0, 0.05) is 37.8 Å². The number of benzene rings is 2. The van der Waals surface area contributed by atoms with Crippen LogP contribution in [0.2, 0.25) is 0 Å². The van der Waals surface area contributed by atoms with E-state index in [4.69, 9.17) is 9.72 Å². The van der Waals surface area contributed by atoms with Gasteiger partial charge in [-0.1, -0.05) is 54.2 Å². The number of fused-ring (bicyclic) bond motifs is 1. The van der Waals surface area contributed by atoms with Crippen molar-refractivity contribution in [3.05, 3.63) is 89.6 Å². The lowest BCUT2D eigenvalue weighted by Gasteiger charge is -2.09. The first kappa shape index (κ1) is 22.0. The van der Waals surface area contributed by atoms with E-state index in [9.17, 15) is 4.79 Å². The van der Waals surface area contributed by atoms with Crippen molar-refractivity contribution in [1.29, 1.82) is 0 Å². The van der Waals surface area contributed by atoms with Crippen LogP contribution in [0.4, 0.5) is 0 Å². The summed E-state index contributed by atoms with van der Waals surface area (Å²) in [4.78, 5) is 21.6. The second-order valence-corrected chi connectivity index (χ2v) is 8.34. The van der Waals surface area contributed by atoms with Gasteiger partial charge < -0.3 is 10.1 Å². The van der Waals surface area contributed by atoms with Gasteiger partial charge in [0.2, 0.25) is 0 Å². The summed E-state index contributed by atoms with van der Waals surface area (Å²) >= 11 is 1.68. The Morgan fingerprint density at radius 3 is 2.62 bits per heavy atom. The number of amides is 1. The van der Waals surface area contributed by atoms with E-state index in [-0.39, 0.29) is 5.91 Å². The van der Waals surface area contributed by atoms with Crippen LogP contribution in [-0.4, -0.2) is 40.7 Å². The fourth-order valence-corrected chi connectivity index (χ4v) is 4.34. The van der Waals surface area contributed by atoms with E-state index in [2.05, 4.69) is 27.0 Å². The van der Waals surface area contributed by atoms with E-state index in [1.807, 2.05) is 54.6 Å². The van der Waals surface area contributed by atoms with Gasteiger partial charge in [0.1, 0.15) is 5.52 Å². The molecule has 0 radical (unpaired) electrons. The van der Waals surface area contributed by atoms with Crippen molar-refractivity contribution in [1.82, 2.24) is 19.9 Å². The molecule has 2 heterocycles. The monoisotopic (exact) mass is 446 g/mol. The number of carbonyl (C=O) groups excluding carboxylic acids is 1. The average molecular weight is 447 g/mol. The zero-order valence-electron chi connectivity index (χ0n) is 18.0. The Hall–Kier alpha value is -3.16. The van der Waals surface area contributed by atoms with E-state index in [0.29, 0.717) is 18.7 Å². The van der Waals surface area contributed by atoms with Gasteiger partial charge in [0.25, 0.3) is 5.91 Å². The zero-order chi connectivity index (χ0) is 22.2. The van der Waals surface area contributed by atoms with Crippen LogP contribution in [-0.2, 0) is 17.0 Å². The van der Waals surface area contributed by atoms with Crippen molar-refractivity contribution < 1.29 is 9.53 Å². The van der Waals surface area contributed by atoms with Gasteiger partial charge in [-0.3, -0.25) is 9.36 Å². The molecule has 0 aliphatic rings. The smallest absolute Gasteiger partial charge is 0.251 e. The van der Waals surface area contributed by atoms with Gasteiger partial charge >= 0.3 is 0 Å². The van der Waals surface area contributed by atoms with Crippen LogP contribution < -0.4 is 5.32 Å². The Morgan fingerprint density at radius 2 is 1.84 bits per heavy atom. The zero-order valence-corrected chi connectivity index (χ0v) is 18.8. The third-order valence-corrected chi connectivity index (χ3v) is 6.09. The molecular formula is C25H26N4O2S. The molecule has 0 bridgehead atoms. The number of hydrogen-bond acceptors (Lipinski definition) is 5. The number of nitrogens with zero attached hydrogens (tertiary/aromatic N) is 3. The second-order valence-electron chi connectivity index (χ2n) is 7.40. The van der Waals surface area contributed by atoms with Gasteiger partial charge in [0.15, 0.2) is 10.8 Å². The molecule has 0 spiro atoms. The molecule has 0 saturated heterocycles. The SMILES string of the molecule is COCCCNC(=O)c1ccc(CSc2nc3cccnc3n2Cc2ccccc2)cc1. The highest BCUT2D eigenvalue weighted by Gasteiger charge is 2.13. The lowest BCUT2D eigenvalue weighted by atomic mass is 10.1. The number of thioether (sulfide) groups is 1. The first-order valence-electron chi connectivity index (χ1n) is 10.6. The van der Waals surface area contributed by atoms with E-state index < -0.39 is 0 Å². The topological polar surface area (TPSA) is 69.0 Å². The number of aromatic nitrogens is 3. The normalized spacial score (nSPS) is 11.0. The van der Waals surface area contributed by atoms with Gasteiger partial charge in [-0.15, -0.1) is 0 Å². The van der Waals surface area contributed by atoms with Crippen LogP contribution in [0.3, 0.4) is 0 Å². The summed E-state index contributed by atoms with van der Waals surface area (Å²) in [6.07, 6.45) is 2.61. The first-order valence-corrected chi connectivity index (χ1v) is 11.6. The Bertz CT molecular complexity index is 1160. The van der Waals surface area contributed by atoms with Crippen LogP contribution in [0.1, 0.15) is 27.9 Å². The van der Waals surface area contributed by atoms with Crippen molar-refractivity contribution >= 4 is 28.8 Å². The highest BCUT2D eigenvalue weighted by molar-refractivity contribution is 7.98. The fraction of sp³-hybridized carbons (Fsp3) is 0.240. The molecule has 0 unspecified atom stereocenters. The van der Waals surface area contributed by atoms with Gasteiger partial charge in [-0.2, -0.15) is 0 Å². The number of carbonyl (C=O) groups is 1. The van der Waals surface area contributed by atoms with Crippen LogP contribution in [0.25, 0.3) is 11.2 Å². The number of nitrogens with one attached hydrogen (secondary N) is 1. The third-order valence-electron chi connectivity index (χ3n) is 5.05. The average Bonchev–Trinajstić information content (AvgIpc) is 3.18. The van der Waals surface area contributed by atoms with Crippen LogP contribution >= 0.6 is 11.8 Å². The van der Waals surface area contributed by atoms with Crippen molar-refractivity contribution in [2.75, 3.05) is 20.3 Å². The number of ether oxygens (including phenoxy) is 1. The molecule has 2 aromatic heterocycles. The maximum absolute atomic E-state index is 12.2. The Kier molecular flexibility index (Phi) is 7.53. The molecule has 0 aliphatic heterocycles. The van der Waals surface area contributed by atoms with E-state index in [0.717, 1.165) is 40.6 Å². The van der Waals surface area contributed by atoms with Gasteiger partial charge in [-0.25, -0.2) is 9.97 Å². The van der Waals surface area contributed by atoms with Crippen LogP contribution in [0, 0.1) is 0 Å². The van der Waals surface area contributed by atoms with Crippen molar-refractivity contribution in [3.63, 3.8) is 0 Å². The molecule has 2 aromatic carbocycles. The van der Waals surface area contributed by atoms with E-state index in [1.54, 1.807) is 25.1 Å².